The zero-order valence-corrected chi connectivity index (χ0v) is 16.0. The number of nitrogens with one attached hydrogen (secondary N) is 1. The molecule has 146 valence electrons. The highest BCUT2D eigenvalue weighted by Crippen LogP contribution is 2.16. The molecule has 29 heavy (non-hydrogen) atoms. The maximum atomic E-state index is 5.59. The van der Waals surface area contributed by atoms with Gasteiger partial charge in [-0.3, -0.25) is 4.98 Å². The third-order valence-corrected chi connectivity index (χ3v) is 4.95. The van der Waals surface area contributed by atoms with E-state index in [0.29, 0.717) is 29.2 Å². The van der Waals surface area contributed by atoms with Gasteiger partial charge in [0.2, 0.25) is 5.65 Å². The molecule has 0 spiro atoms. The van der Waals surface area contributed by atoms with Crippen LogP contribution in [0.3, 0.4) is 0 Å². The summed E-state index contributed by atoms with van der Waals surface area (Å²) in [5.41, 5.74) is 4.50. The molecule has 0 aliphatic carbocycles. The maximum Gasteiger partial charge on any atom is 0.221 e. The van der Waals surface area contributed by atoms with Crippen molar-refractivity contribution in [3.05, 3.63) is 54.0 Å². The van der Waals surface area contributed by atoms with Crippen molar-refractivity contribution in [3.63, 3.8) is 0 Å². The van der Waals surface area contributed by atoms with Gasteiger partial charge in [-0.25, -0.2) is 14.6 Å². The summed E-state index contributed by atoms with van der Waals surface area (Å²) < 4.78 is 1.75. The van der Waals surface area contributed by atoms with Gasteiger partial charge in [0.05, 0.1) is 18.3 Å². The average molecular weight is 388 g/mol. The molecule has 9 nitrogen and oxygen atoms in total. The van der Waals surface area contributed by atoms with Crippen LogP contribution in [-0.4, -0.2) is 54.9 Å². The monoisotopic (exact) mass is 388 g/mol. The molecular formula is C20H20N8O. The first-order valence-electron chi connectivity index (χ1n) is 9.58. The number of hydrogen-bond donors (Lipinski definition) is 1. The van der Waals surface area contributed by atoms with Crippen LogP contribution in [0.1, 0.15) is 24.6 Å². The number of pyridine rings is 1. The van der Waals surface area contributed by atoms with Gasteiger partial charge >= 0.3 is 0 Å². The topological polar surface area (TPSA) is 103 Å². The first-order chi connectivity index (χ1) is 14.3. The fourth-order valence-corrected chi connectivity index (χ4v) is 3.35. The highest BCUT2D eigenvalue weighted by Gasteiger charge is 2.16. The van der Waals surface area contributed by atoms with E-state index in [9.17, 15) is 0 Å². The fourth-order valence-electron chi connectivity index (χ4n) is 3.35. The van der Waals surface area contributed by atoms with E-state index in [0.717, 1.165) is 36.0 Å². The van der Waals surface area contributed by atoms with Crippen molar-refractivity contribution in [2.24, 2.45) is 5.16 Å². The van der Waals surface area contributed by atoms with E-state index in [1.54, 1.807) is 17.1 Å². The molecule has 1 N–H and O–H groups in total. The SMILES string of the molecule is C/C(=N\OC1CCNC1)c1cnc2nnn(Cc3ccc4ncccc4c3)c2n1. The van der Waals surface area contributed by atoms with E-state index >= 15 is 0 Å². The zero-order valence-electron chi connectivity index (χ0n) is 16.0. The fraction of sp³-hybridized carbons (Fsp3) is 0.300. The van der Waals surface area contributed by atoms with Crippen molar-refractivity contribution in [3.8, 4) is 0 Å². The standard InChI is InChI=1S/C20H20N8O/c1-13(26-29-16-6-8-21-10-16)18-11-23-19-20(24-18)28(27-25-19)12-14-4-5-17-15(9-14)3-2-7-22-17/h2-5,7,9,11,16,21H,6,8,10,12H2,1H3/b26-13+. The molecule has 1 aromatic carbocycles. The predicted molar refractivity (Wildman–Crippen MR) is 109 cm³/mol. The normalized spacial score (nSPS) is 17.3. The van der Waals surface area contributed by atoms with Crippen LogP contribution < -0.4 is 5.32 Å². The number of rotatable bonds is 5. The Kier molecular flexibility index (Phi) is 4.57. The van der Waals surface area contributed by atoms with Gasteiger partial charge in [0.15, 0.2) is 5.65 Å². The first-order valence-corrected chi connectivity index (χ1v) is 9.58. The Morgan fingerprint density at radius 3 is 3.17 bits per heavy atom. The molecule has 1 fully saturated rings. The summed E-state index contributed by atoms with van der Waals surface area (Å²) >= 11 is 0. The molecule has 0 saturated carbocycles. The molecule has 9 heteroatoms. The minimum Gasteiger partial charge on any atom is -0.391 e. The number of fused-ring (bicyclic) bond motifs is 2. The molecule has 1 aliphatic rings. The molecule has 3 aromatic heterocycles. The van der Waals surface area contributed by atoms with E-state index in [2.05, 4.69) is 41.8 Å². The smallest absolute Gasteiger partial charge is 0.221 e. The lowest BCUT2D eigenvalue weighted by atomic mass is 10.1. The van der Waals surface area contributed by atoms with Gasteiger partial charge in [-0.1, -0.05) is 22.5 Å². The van der Waals surface area contributed by atoms with Crippen LogP contribution in [0.5, 0.6) is 0 Å². The van der Waals surface area contributed by atoms with Gasteiger partial charge in [-0.2, -0.15) is 0 Å². The second kappa shape index (κ2) is 7.51. The average Bonchev–Trinajstić information content (AvgIpc) is 3.42. The Morgan fingerprint density at radius 1 is 1.31 bits per heavy atom. The largest absolute Gasteiger partial charge is 0.391 e. The van der Waals surface area contributed by atoms with Gasteiger partial charge < -0.3 is 10.2 Å². The Morgan fingerprint density at radius 2 is 2.28 bits per heavy atom. The lowest BCUT2D eigenvalue weighted by Crippen LogP contribution is -2.15. The third kappa shape index (κ3) is 3.64. The van der Waals surface area contributed by atoms with Crippen molar-refractivity contribution in [1.29, 1.82) is 0 Å². The maximum absolute atomic E-state index is 5.59. The minimum atomic E-state index is 0.108. The van der Waals surface area contributed by atoms with Crippen molar-refractivity contribution >= 4 is 27.9 Å². The summed E-state index contributed by atoms with van der Waals surface area (Å²) in [5, 5.41) is 16.9. The van der Waals surface area contributed by atoms with Crippen LogP contribution in [0.25, 0.3) is 22.2 Å². The lowest BCUT2D eigenvalue weighted by Gasteiger charge is -2.07. The van der Waals surface area contributed by atoms with Crippen LogP contribution in [0, 0.1) is 0 Å². The summed E-state index contributed by atoms with van der Waals surface area (Å²) in [6.07, 6.45) is 4.51. The van der Waals surface area contributed by atoms with Gasteiger partial charge in [0, 0.05) is 24.5 Å². The van der Waals surface area contributed by atoms with E-state index in [4.69, 9.17) is 4.84 Å². The molecule has 0 amide bonds. The van der Waals surface area contributed by atoms with Crippen LogP contribution in [-0.2, 0) is 11.4 Å². The van der Waals surface area contributed by atoms with Gasteiger partial charge in [0.1, 0.15) is 17.5 Å². The van der Waals surface area contributed by atoms with E-state index in [1.807, 2.05) is 31.2 Å². The molecule has 1 unspecified atom stereocenters. The van der Waals surface area contributed by atoms with Crippen LogP contribution >= 0.6 is 0 Å². The highest BCUT2D eigenvalue weighted by molar-refractivity contribution is 5.97. The molecule has 1 saturated heterocycles. The Balaban J connectivity index is 1.41. The molecular weight excluding hydrogens is 368 g/mol. The molecule has 5 rings (SSSR count). The summed E-state index contributed by atoms with van der Waals surface area (Å²) in [5.74, 6) is 0. The number of hydrogen-bond acceptors (Lipinski definition) is 8. The predicted octanol–water partition coefficient (Wildman–Crippen LogP) is 1.92. The molecule has 4 heterocycles. The quantitative estimate of drug-likeness (QED) is 0.411. The summed E-state index contributed by atoms with van der Waals surface area (Å²) in [4.78, 5) is 19.0. The Labute approximate surface area is 166 Å². The van der Waals surface area contributed by atoms with Crippen molar-refractivity contribution < 1.29 is 4.84 Å². The Hall–Kier alpha value is -3.46. The molecule has 1 atom stereocenters. The van der Waals surface area contributed by atoms with E-state index in [1.165, 1.54) is 0 Å². The van der Waals surface area contributed by atoms with E-state index < -0.39 is 0 Å². The second-order valence-electron chi connectivity index (χ2n) is 7.08. The Bertz CT molecular complexity index is 1200. The molecule has 0 bridgehead atoms. The van der Waals surface area contributed by atoms with Crippen molar-refractivity contribution in [1.82, 2.24) is 35.3 Å². The van der Waals surface area contributed by atoms with Crippen LogP contribution in [0.4, 0.5) is 0 Å². The molecule has 4 aromatic rings. The summed E-state index contributed by atoms with van der Waals surface area (Å²) in [6.45, 7) is 4.18. The summed E-state index contributed by atoms with van der Waals surface area (Å²) in [6, 6.07) is 10.1. The minimum absolute atomic E-state index is 0.108. The lowest BCUT2D eigenvalue weighted by molar-refractivity contribution is 0.0735. The molecule has 0 radical (unpaired) electrons. The van der Waals surface area contributed by atoms with Crippen LogP contribution in [0.2, 0.25) is 0 Å². The molecule has 1 aliphatic heterocycles. The third-order valence-electron chi connectivity index (χ3n) is 4.95. The van der Waals surface area contributed by atoms with Gasteiger partial charge in [-0.15, -0.1) is 5.10 Å². The van der Waals surface area contributed by atoms with Crippen molar-refractivity contribution in [2.45, 2.75) is 26.0 Å². The van der Waals surface area contributed by atoms with Crippen LogP contribution in [0.15, 0.2) is 47.9 Å². The van der Waals surface area contributed by atoms with Gasteiger partial charge in [-0.05, 0) is 37.2 Å². The van der Waals surface area contributed by atoms with Crippen molar-refractivity contribution in [2.75, 3.05) is 13.1 Å². The summed E-state index contributed by atoms with van der Waals surface area (Å²) in [7, 11) is 0. The number of benzene rings is 1. The number of nitrogens with zero attached hydrogens (tertiary/aromatic N) is 7. The van der Waals surface area contributed by atoms with Gasteiger partial charge in [0.25, 0.3) is 0 Å². The number of oxime groups is 1. The highest BCUT2D eigenvalue weighted by atomic mass is 16.6. The second-order valence-corrected chi connectivity index (χ2v) is 7.08. The van der Waals surface area contributed by atoms with E-state index in [-0.39, 0.29) is 6.10 Å². The zero-order chi connectivity index (χ0) is 19.6. The number of aromatic nitrogens is 6. The first kappa shape index (κ1) is 17.6.